The fourth-order valence-corrected chi connectivity index (χ4v) is 4.33. The van der Waals surface area contributed by atoms with Crippen molar-refractivity contribution in [3.63, 3.8) is 0 Å². The second-order valence-corrected chi connectivity index (χ2v) is 7.00. The lowest BCUT2D eigenvalue weighted by Gasteiger charge is -2.27. The molecule has 4 nitrogen and oxygen atoms in total. The van der Waals surface area contributed by atoms with E-state index in [1.807, 2.05) is 0 Å². The maximum Gasteiger partial charge on any atom is 0.242 e. The van der Waals surface area contributed by atoms with E-state index in [4.69, 9.17) is 0 Å². The van der Waals surface area contributed by atoms with Crippen LogP contribution in [0, 0.1) is 0 Å². The Morgan fingerprint density at radius 2 is 2.00 bits per heavy atom. The highest BCUT2D eigenvalue weighted by atomic mass is 79.9. The summed E-state index contributed by atoms with van der Waals surface area (Å²) in [7, 11) is -3.43. The van der Waals surface area contributed by atoms with Gasteiger partial charge < -0.3 is 5.32 Å². The first-order chi connectivity index (χ1) is 7.49. The van der Waals surface area contributed by atoms with Crippen LogP contribution in [0.1, 0.15) is 0 Å². The van der Waals surface area contributed by atoms with Crippen molar-refractivity contribution in [1.82, 2.24) is 10.0 Å². The van der Waals surface area contributed by atoms with Crippen LogP contribution in [0.3, 0.4) is 0 Å². The molecule has 1 heterocycles. The number of nitrogens with one attached hydrogen (secondary N) is 2. The second kappa shape index (κ2) is 4.73. The molecule has 1 aliphatic heterocycles. The van der Waals surface area contributed by atoms with Crippen LogP contribution in [-0.2, 0) is 10.0 Å². The third kappa shape index (κ3) is 2.65. The van der Waals surface area contributed by atoms with E-state index in [1.54, 1.807) is 18.2 Å². The van der Waals surface area contributed by atoms with Gasteiger partial charge in [0.1, 0.15) is 0 Å². The summed E-state index contributed by atoms with van der Waals surface area (Å²) in [6, 6.07) is 5.00. The number of hydrogen-bond acceptors (Lipinski definition) is 3. The Hall–Kier alpha value is 0.0500. The van der Waals surface area contributed by atoms with Crippen LogP contribution in [0.2, 0.25) is 0 Å². The van der Waals surface area contributed by atoms with Gasteiger partial charge in [-0.3, -0.25) is 0 Å². The van der Waals surface area contributed by atoms with Crippen molar-refractivity contribution in [2.75, 3.05) is 13.1 Å². The Morgan fingerprint density at radius 1 is 1.31 bits per heavy atom. The van der Waals surface area contributed by atoms with Gasteiger partial charge in [-0.15, -0.1) is 0 Å². The first kappa shape index (κ1) is 12.5. The van der Waals surface area contributed by atoms with Gasteiger partial charge in [-0.05, 0) is 34.1 Å². The number of benzene rings is 1. The molecular weight excluding hydrogens is 360 g/mol. The van der Waals surface area contributed by atoms with Gasteiger partial charge in [0, 0.05) is 28.1 Å². The van der Waals surface area contributed by atoms with Crippen molar-refractivity contribution in [1.29, 1.82) is 0 Å². The lowest BCUT2D eigenvalue weighted by atomic mass is 10.2. The third-order valence-electron chi connectivity index (χ3n) is 2.29. The SMILES string of the molecule is O=S(=O)(NC1CNC1)c1ccc(Br)cc1Br. The summed E-state index contributed by atoms with van der Waals surface area (Å²) in [6.07, 6.45) is 0. The van der Waals surface area contributed by atoms with E-state index < -0.39 is 10.0 Å². The Bertz CT molecular complexity index is 500. The molecule has 0 aliphatic carbocycles. The molecule has 0 aromatic heterocycles. The third-order valence-corrected chi connectivity index (χ3v) is 5.28. The van der Waals surface area contributed by atoms with Gasteiger partial charge in [-0.25, -0.2) is 13.1 Å². The van der Waals surface area contributed by atoms with Crippen LogP contribution >= 0.6 is 31.9 Å². The van der Waals surface area contributed by atoms with Crippen LogP contribution < -0.4 is 10.0 Å². The molecule has 0 amide bonds. The molecule has 1 fully saturated rings. The van der Waals surface area contributed by atoms with Gasteiger partial charge >= 0.3 is 0 Å². The molecule has 0 radical (unpaired) electrons. The van der Waals surface area contributed by atoms with E-state index in [2.05, 4.69) is 41.9 Å². The van der Waals surface area contributed by atoms with Crippen LogP contribution in [0.4, 0.5) is 0 Å². The first-order valence-electron chi connectivity index (χ1n) is 4.67. The van der Waals surface area contributed by atoms with Gasteiger partial charge in [-0.1, -0.05) is 15.9 Å². The Morgan fingerprint density at radius 3 is 2.50 bits per heavy atom. The summed E-state index contributed by atoms with van der Waals surface area (Å²) >= 11 is 6.53. The maximum atomic E-state index is 12.0. The smallest absolute Gasteiger partial charge is 0.242 e. The topological polar surface area (TPSA) is 58.2 Å². The minimum atomic E-state index is -3.43. The molecular formula is C9H10Br2N2O2S. The molecule has 7 heteroatoms. The van der Waals surface area contributed by atoms with E-state index in [0.29, 0.717) is 17.6 Å². The molecule has 2 N–H and O–H groups in total. The molecule has 1 aliphatic rings. The molecule has 1 aromatic carbocycles. The van der Waals surface area contributed by atoms with Gasteiger partial charge in [-0.2, -0.15) is 0 Å². The molecule has 88 valence electrons. The molecule has 0 bridgehead atoms. The summed E-state index contributed by atoms with van der Waals surface area (Å²) in [5, 5.41) is 3.01. The van der Waals surface area contributed by atoms with Crippen molar-refractivity contribution < 1.29 is 8.42 Å². The fourth-order valence-electron chi connectivity index (χ4n) is 1.35. The quantitative estimate of drug-likeness (QED) is 0.848. The molecule has 0 saturated carbocycles. The monoisotopic (exact) mass is 368 g/mol. The molecule has 2 rings (SSSR count). The van der Waals surface area contributed by atoms with Crippen molar-refractivity contribution in [2.24, 2.45) is 0 Å². The first-order valence-corrected chi connectivity index (χ1v) is 7.74. The van der Waals surface area contributed by atoms with Gasteiger partial charge in [0.05, 0.1) is 4.90 Å². The van der Waals surface area contributed by atoms with Crippen molar-refractivity contribution in [3.8, 4) is 0 Å². The average Bonchev–Trinajstić information content (AvgIpc) is 2.11. The van der Waals surface area contributed by atoms with Crippen molar-refractivity contribution >= 4 is 41.9 Å². The number of halogens is 2. The van der Waals surface area contributed by atoms with E-state index in [1.165, 1.54) is 0 Å². The highest BCUT2D eigenvalue weighted by molar-refractivity contribution is 9.11. The highest BCUT2D eigenvalue weighted by Crippen LogP contribution is 2.25. The minimum absolute atomic E-state index is 0.000506. The predicted octanol–water partition coefficient (Wildman–Crippen LogP) is 1.46. The standard InChI is InChI=1S/C9H10Br2N2O2S/c10-6-1-2-9(8(11)3-6)16(14,15)13-7-4-12-5-7/h1-3,7,12-13H,4-5H2. The van der Waals surface area contributed by atoms with E-state index in [9.17, 15) is 8.42 Å². The Balaban J connectivity index is 2.27. The fraction of sp³-hybridized carbons (Fsp3) is 0.333. The summed E-state index contributed by atoms with van der Waals surface area (Å²) in [4.78, 5) is 0.266. The lowest BCUT2D eigenvalue weighted by molar-refractivity contribution is 0.410. The zero-order valence-electron chi connectivity index (χ0n) is 8.20. The molecule has 1 saturated heterocycles. The van der Waals surface area contributed by atoms with Crippen LogP contribution in [-0.4, -0.2) is 27.5 Å². The lowest BCUT2D eigenvalue weighted by Crippen LogP contribution is -2.56. The summed E-state index contributed by atoms with van der Waals surface area (Å²) in [5.41, 5.74) is 0. The second-order valence-electron chi connectivity index (χ2n) is 3.55. The molecule has 0 atom stereocenters. The van der Waals surface area contributed by atoms with Crippen molar-refractivity contribution in [2.45, 2.75) is 10.9 Å². The Kier molecular flexibility index (Phi) is 3.70. The molecule has 0 unspecified atom stereocenters. The normalized spacial score (nSPS) is 17.1. The Labute approximate surface area is 111 Å². The highest BCUT2D eigenvalue weighted by Gasteiger charge is 2.25. The largest absolute Gasteiger partial charge is 0.313 e. The van der Waals surface area contributed by atoms with E-state index in [0.717, 1.165) is 4.47 Å². The summed E-state index contributed by atoms with van der Waals surface area (Å²) in [6.45, 7) is 1.38. The minimum Gasteiger partial charge on any atom is -0.313 e. The number of rotatable bonds is 3. The van der Waals surface area contributed by atoms with E-state index in [-0.39, 0.29) is 10.9 Å². The van der Waals surface area contributed by atoms with Gasteiger partial charge in [0.25, 0.3) is 0 Å². The summed E-state index contributed by atoms with van der Waals surface area (Å²) in [5.74, 6) is 0. The predicted molar refractivity (Wildman–Crippen MR) is 68.8 cm³/mol. The van der Waals surface area contributed by atoms with E-state index >= 15 is 0 Å². The molecule has 0 spiro atoms. The summed E-state index contributed by atoms with van der Waals surface area (Å²) < 4.78 is 28.0. The van der Waals surface area contributed by atoms with Crippen LogP contribution in [0.5, 0.6) is 0 Å². The average molecular weight is 370 g/mol. The number of sulfonamides is 1. The van der Waals surface area contributed by atoms with Crippen molar-refractivity contribution in [3.05, 3.63) is 27.1 Å². The zero-order chi connectivity index (χ0) is 11.8. The van der Waals surface area contributed by atoms with Crippen LogP contribution in [0.15, 0.2) is 32.0 Å². The molecule has 1 aromatic rings. The van der Waals surface area contributed by atoms with Gasteiger partial charge in [0.15, 0.2) is 0 Å². The number of hydrogen-bond donors (Lipinski definition) is 2. The maximum absolute atomic E-state index is 12.0. The zero-order valence-corrected chi connectivity index (χ0v) is 12.2. The van der Waals surface area contributed by atoms with Crippen LogP contribution in [0.25, 0.3) is 0 Å². The van der Waals surface area contributed by atoms with Gasteiger partial charge in [0.2, 0.25) is 10.0 Å². The molecule has 16 heavy (non-hydrogen) atoms.